The molecule has 0 spiro atoms. The molecule has 5 heteroatoms. The van der Waals surface area contributed by atoms with Gasteiger partial charge in [-0.3, -0.25) is 4.79 Å². The molecule has 106 valence electrons. The summed E-state index contributed by atoms with van der Waals surface area (Å²) in [5, 5.41) is 20.2. The molecule has 0 heterocycles. The van der Waals surface area contributed by atoms with E-state index in [1.165, 1.54) is 0 Å². The summed E-state index contributed by atoms with van der Waals surface area (Å²) in [7, 11) is 0. The minimum Gasteiger partial charge on any atom is -0.480 e. The van der Waals surface area contributed by atoms with Crippen LogP contribution in [-0.2, 0) is 16.0 Å². The van der Waals surface area contributed by atoms with Crippen molar-refractivity contribution in [3.05, 3.63) is 35.9 Å². The van der Waals surface area contributed by atoms with Crippen LogP contribution in [0.5, 0.6) is 0 Å². The Labute approximate surface area is 118 Å². The Bertz CT molecular complexity index is 494. The lowest BCUT2D eigenvalue weighted by Crippen LogP contribution is -2.41. The highest BCUT2D eigenvalue weighted by Crippen LogP contribution is 2.07. The molecule has 1 aromatic rings. The van der Waals surface area contributed by atoms with E-state index in [4.69, 9.17) is 10.4 Å². The zero-order chi connectivity index (χ0) is 15.0. The molecule has 0 bridgehead atoms. The number of benzene rings is 1. The van der Waals surface area contributed by atoms with Crippen molar-refractivity contribution >= 4 is 11.9 Å². The van der Waals surface area contributed by atoms with Crippen LogP contribution in [0.25, 0.3) is 0 Å². The summed E-state index contributed by atoms with van der Waals surface area (Å²) >= 11 is 0. The number of carboxylic acids is 1. The Balaban J connectivity index is 2.46. The molecule has 0 aliphatic heterocycles. The van der Waals surface area contributed by atoms with E-state index in [1.807, 2.05) is 36.4 Å². The Hall–Kier alpha value is -2.35. The van der Waals surface area contributed by atoms with E-state index >= 15 is 0 Å². The Morgan fingerprint density at radius 2 is 2.00 bits per heavy atom. The second-order valence-corrected chi connectivity index (χ2v) is 4.71. The number of nitrogens with one attached hydrogen (secondary N) is 1. The number of carboxylic acid groups (broad SMARTS) is 1. The van der Waals surface area contributed by atoms with E-state index in [0.717, 1.165) is 5.56 Å². The highest BCUT2D eigenvalue weighted by Gasteiger charge is 2.22. The number of carbonyl (C=O) groups is 2. The van der Waals surface area contributed by atoms with Crippen molar-refractivity contribution in [2.75, 3.05) is 0 Å². The lowest BCUT2D eigenvalue weighted by atomic mass is 10.0. The van der Waals surface area contributed by atoms with Crippen LogP contribution in [0.4, 0.5) is 0 Å². The van der Waals surface area contributed by atoms with Crippen LogP contribution in [0.15, 0.2) is 30.3 Å². The van der Waals surface area contributed by atoms with E-state index < -0.39 is 17.9 Å². The molecule has 2 N–H and O–H groups in total. The van der Waals surface area contributed by atoms with Crippen LogP contribution in [0.3, 0.4) is 0 Å². The molecule has 0 radical (unpaired) electrons. The molecule has 1 rings (SSSR count). The van der Waals surface area contributed by atoms with Gasteiger partial charge >= 0.3 is 5.97 Å². The fourth-order valence-electron chi connectivity index (χ4n) is 1.80. The van der Waals surface area contributed by atoms with Crippen molar-refractivity contribution in [3.8, 4) is 6.07 Å². The van der Waals surface area contributed by atoms with Gasteiger partial charge in [0.2, 0.25) is 5.91 Å². The smallest absolute Gasteiger partial charge is 0.326 e. The molecular weight excluding hydrogens is 256 g/mol. The standard InChI is InChI=1S/C15H18N2O3/c1-11(10-16)9-13(15(19)20)17-14(18)8-7-12-5-3-2-4-6-12/h2-6,11,13H,7-9H2,1H3,(H,17,18)(H,19,20)/t11-,13-/m0/s1. The summed E-state index contributed by atoms with van der Waals surface area (Å²) in [6.45, 7) is 1.63. The number of aliphatic carboxylic acids is 1. The first kappa shape index (κ1) is 15.7. The molecule has 0 aromatic heterocycles. The summed E-state index contributed by atoms with van der Waals surface area (Å²) in [6.07, 6.45) is 0.907. The molecular formula is C15H18N2O3. The topological polar surface area (TPSA) is 90.2 Å². The van der Waals surface area contributed by atoms with E-state index in [-0.39, 0.29) is 18.7 Å². The minimum absolute atomic E-state index is 0.114. The van der Waals surface area contributed by atoms with Crippen molar-refractivity contribution < 1.29 is 14.7 Å². The summed E-state index contributed by atoms with van der Waals surface area (Å²) in [5.41, 5.74) is 1.03. The molecule has 2 atom stereocenters. The number of carbonyl (C=O) groups excluding carboxylic acids is 1. The number of nitrogens with zero attached hydrogens (tertiary/aromatic N) is 1. The summed E-state index contributed by atoms with van der Waals surface area (Å²) in [4.78, 5) is 22.8. The number of amides is 1. The maximum Gasteiger partial charge on any atom is 0.326 e. The molecule has 0 aliphatic carbocycles. The second-order valence-electron chi connectivity index (χ2n) is 4.71. The van der Waals surface area contributed by atoms with E-state index in [2.05, 4.69) is 5.32 Å². The lowest BCUT2D eigenvalue weighted by Gasteiger charge is -2.15. The molecule has 1 aromatic carbocycles. The number of aryl methyl sites for hydroxylation is 1. The van der Waals surface area contributed by atoms with Gasteiger partial charge in [-0.25, -0.2) is 4.79 Å². The maximum atomic E-state index is 11.7. The SMILES string of the molecule is C[C@H](C#N)C[C@H](NC(=O)CCc1ccccc1)C(=O)O. The Morgan fingerprint density at radius 3 is 2.55 bits per heavy atom. The van der Waals surface area contributed by atoms with Gasteiger partial charge in [-0.1, -0.05) is 30.3 Å². The Morgan fingerprint density at radius 1 is 1.35 bits per heavy atom. The van der Waals surface area contributed by atoms with Crippen molar-refractivity contribution in [2.24, 2.45) is 5.92 Å². The number of hydrogen-bond acceptors (Lipinski definition) is 3. The van der Waals surface area contributed by atoms with Gasteiger partial charge in [0, 0.05) is 12.3 Å². The van der Waals surface area contributed by atoms with Crippen LogP contribution in [-0.4, -0.2) is 23.0 Å². The zero-order valence-corrected chi connectivity index (χ0v) is 11.4. The molecule has 0 unspecified atom stereocenters. The average Bonchev–Trinajstić information content (AvgIpc) is 2.45. The predicted octanol–water partition coefficient (Wildman–Crippen LogP) is 1.74. The van der Waals surface area contributed by atoms with Crippen LogP contribution in [0, 0.1) is 17.2 Å². The lowest BCUT2D eigenvalue weighted by molar-refractivity contribution is -0.142. The van der Waals surface area contributed by atoms with Crippen molar-refractivity contribution in [1.29, 1.82) is 5.26 Å². The average molecular weight is 274 g/mol. The molecule has 20 heavy (non-hydrogen) atoms. The van der Waals surface area contributed by atoms with Gasteiger partial charge in [-0.15, -0.1) is 0 Å². The number of rotatable bonds is 7. The number of hydrogen-bond donors (Lipinski definition) is 2. The van der Waals surface area contributed by atoms with Crippen LogP contribution in [0.2, 0.25) is 0 Å². The van der Waals surface area contributed by atoms with E-state index in [1.54, 1.807) is 6.92 Å². The molecule has 0 saturated carbocycles. The monoisotopic (exact) mass is 274 g/mol. The fraction of sp³-hybridized carbons (Fsp3) is 0.400. The van der Waals surface area contributed by atoms with Crippen molar-refractivity contribution in [3.63, 3.8) is 0 Å². The van der Waals surface area contributed by atoms with Gasteiger partial charge < -0.3 is 10.4 Å². The van der Waals surface area contributed by atoms with Gasteiger partial charge in [0.25, 0.3) is 0 Å². The number of nitriles is 1. The highest BCUT2D eigenvalue weighted by molar-refractivity contribution is 5.83. The van der Waals surface area contributed by atoms with Crippen molar-refractivity contribution in [2.45, 2.75) is 32.2 Å². The first-order valence-electron chi connectivity index (χ1n) is 6.48. The largest absolute Gasteiger partial charge is 0.480 e. The maximum absolute atomic E-state index is 11.7. The molecule has 5 nitrogen and oxygen atoms in total. The minimum atomic E-state index is -1.11. The van der Waals surface area contributed by atoms with Gasteiger partial charge in [0.15, 0.2) is 0 Å². The summed E-state index contributed by atoms with van der Waals surface area (Å²) < 4.78 is 0. The second kappa shape index (κ2) is 7.95. The zero-order valence-electron chi connectivity index (χ0n) is 11.4. The fourth-order valence-corrected chi connectivity index (χ4v) is 1.80. The van der Waals surface area contributed by atoms with Gasteiger partial charge in [0.1, 0.15) is 6.04 Å². The third-order valence-corrected chi connectivity index (χ3v) is 2.93. The third-order valence-electron chi connectivity index (χ3n) is 2.93. The molecule has 1 amide bonds. The molecule has 0 aliphatic rings. The van der Waals surface area contributed by atoms with Gasteiger partial charge in [0.05, 0.1) is 6.07 Å². The third kappa shape index (κ3) is 5.53. The van der Waals surface area contributed by atoms with Gasteiger partial charge in [-0.05, 0) is 25.3 Å². The van der Waals surface area contributed by atoms with E-state index in [9.17, 15) is 9.59 Å². The van der Waals surface area contributed by atoms with Crippen LogP contribution >= 0.6 is 0 Å². The quantitative estimate of drug-likeness (QED) is 0.792. The molecule has 0 saturated heterocycles. The van der Waals surface area contributed by atoms with E-state index in [0.29, 0.717) is 6.42 Å². The molecule has 0 fully saturated rings. The normalized spacial score (nSPS) is 13.0. The van der Waals surface area contributed by atoms with Crippen LogP contribution < -0.4 is 5.32 Å². The highest BCUT2D eigenvalue weighted by atomic mass is 16.4. The first-order chi connectivity index (χ1) is 9.52. The Kier molecular flexibility index (Phi) is 6.24. The predicted molar refractivity (Wildman–Crippen MR) is 73.7 cm³/mol. The van der Waals surface area contributed by atoms with Crippen molar-refractivity contribution in [1.82, 2.24) is 5.32 Å². The van der Waals surface area contributed by atoms with Gasteiger partial charge in [-0.2, -0.15) is 5.26 Å². The van der Waals surface area contributed by atoms with Crippen LogP contribution in [0.1, 0.15) is 25.3 Å². The first-order valence-corrected chi connectivity index (χ1v) is 6.48. The summed E-state index contributed by atoms with van der Waals surface area (Å²) in [6, 6.07) is 10.5. The summed E-state index contributed by atoms with van der Waals surface area (Å²) in [5.74, 6) is -1.84.